The number of nitrogens with zero attached hydrogens (tertiary/aromatic N) is 2. The first-order valence-electron chi connectivity index (χ1n) is 6.29. The normalized spacial score (nSPS) is 11.8. The quantitative estimate of drug-likeness (QED) is 0.875. The van der Waals surface area contributed by atoms with E-state index in [0.29, 0.717) is 6.54 Å². The second kappa shape index (κ2) is 6.65. The summed E-state index contributed by atoms with van der Waals surface area (Å²) in [4.78, 5) is 3.98. The summed E-state index contributed by atoms with van der Waals surface area (Å²) >= 11 is 3.35. The van der Waals surface area contributed by atoms with Gasteiger partial charge in [-0.2, -0.15) is 4.31 Å². The highest BCUT2D eigenvalue weighted by Gasteiger charge is 2.22. The van der Waals surface area contributed by atoms with Crippen LogP contribution in [-0.4, -0.2) is 24.8 Å². The Morgan fingerprint density at radius 2 is 1.76 bits per heavy atom. The van der Waals surface area contributed by atoms with Gasteiger partial charge in [-0.15, -0.1) is 0 Å². The lowest BCUT2D eigenvalue weighted by Crippen LogP contribution is -2.27. The van der Waals surface area contributed by atoms with Gasteiger partial charge >= 0.3 is 0 Å². The molecule has 2 N–H and O–H groups in total. The lowest BCUT2D eigenvalue weighted by Gasteiger charge is -2.16. The fraction of sp³-hybridized carbons (Fsp3) is 0.214. The lowest BCUT2D eigenvalue weighted by molar-refractivity contribution is 0.464. The van der Waals surface area contributed by atoms with E-state index in [1.807, 2.05) is 24.3 Å². The summed E-state index contributed by atoms with van der Waals surface area (Å²) in [5.41, 5.74) is 7.18. The van der Waals surface area contributed by atoms with Crippen molar-refractivity contribution in [3.8, 4) is 0 Å². The molecule has 1 aromatic carbocycles. The predicted molar refractivity (Wildman–Crippen MR) is 84.9 cm³/mol. The Kier molecular flexibility index (Phi) is 5.10. The third kappa shape index (κ3) is 3.88. The molecule has 112 valence electrons. The van der Waals surface area contributed by atoms with Crippen molar-refractivity contribution in [3.05, 3.63) is 58.2 Å². The third-order valence-electron chi connectivity index (χ3n) is 3.03. The minimum absolute atomic E-state index is 0.0271. The molecule has 0 bridgehead atoms. The van der Waals surface area contributed by atoms with E-state index in [1.165, 1.54) is 23.6 Å². The maximum Gasteiger partial charge on any atom is 0.260 e. The standard InChI is InChI=1S/C14H16BrN3O2S/c1-18(10-11-2-5-13(15)6-3-11)21(19,20)14-7-4-12(8-16)9-17-14/h2-7,9H,8,10,16H2,1H3. The maximum absolute atomic E-state index is 12.4. The van der Waals surface area contributed by atoms with Gasteiger partial charge in [-0.25, -0.2) is 13.4 Å². The number of rotatable bonds is 5. The topological polar surface area (TPSA) is 76.3 Å². The molecule has 5 nitrogen and oxygen atoms in total. The second-order valence-corrected chi connectivity index (χ2v) is 7.50. The van der Waals surface area contributed by atoms with Gasteiger partial charge in [0.05, 0.1) is 0 Å². The molecule has 0 radical (unpaired) electrons. The molecule has 0 amide bonds. The lowest BCUT2D eigenvalue weighted by atomic mass is 10.2. The SMILES string of the molecule is CN(Cc1ccc(Br)cc1)S(=O)(=O)c1ccc(CN)cn1. The van der Waals surface area contributed by atoms with Crippen LogP contribution in [0.2, 0.25) is 0 Å². The van der Waals surface area contributed by atoms with E-state index in [4.69, 9.17) is 5.73 Å². The Hall–Kier alpha value is -1.28. The van der Waals surface area contributed by atoms with Crippen LogP contribution in [-0.2, 0) is 23.1 Å². The summed E-state index contributed by atoms with van der Waals surface area (Å²) in [6, 6.07) is 10.7. The summed E-state index contributed by atoms with van der Waals surface area (Å²) in [6.07, 6.45) is 1.49. The average Bonchev–Trinajstić information content (AvgIpc) is 2.49. The monoisotopic (exact) mass is 369 g/mol. The van der Waals surface area contributed by atoms with Crippen molar-refractivity contribution in [3.63, 3.8) is 0 Å². The molecular weight excluding hydrogens is 354 g/mol. The van der Waals surface area contributed by atoms with E-state index in [2.05, 4.69) is 20.9 Å². The smallest absolute Gasteiger partial charge is 0.260 e. The molecule has 2 rings (SSSR count). The number of halogens is 1. The van der Waals surface area contributed by atoms with Crippen LogP contribution >= 0.6 is 15.9 Å². The fourth-order valence-electron chi connectivity index (χ4n) is 1.78. The van der Waals surface area contributed by atoms with Gasteiger partial charge in [-0.3, -0.25) is 0 Å². The zero-order valence-corrected chi connectivity index (χ0v) is 13.9. The number of sulfonamides is 1. The van der Waals surface area contributed by atoms with E-state index >= 15 is 0 Å². The molecule has 0 saturated heterocycles. The Morgan fingerprint density at radius 1 is 1.14 bits per heavy atom. The van der Waals surface area contributed by atoms with Crippen LogP contribution in [0.4, 0.5) is 0 Å². The van der Waals surface area contributed by atoms with E-state index in [-0.39, 0.29) is 11.6 Å². The molecule has 0 saturated carbocycles. The first-order valence-corrected chi connectivity index (χ1v) is 8.52. The Morgan fingerprint density at radius 3 is 2.29 bits per heavy atom. The van der Waals surface area contributed by atoms with Crippen molar-refractivity contribution in [1.29, 1.82) is 0 Å². The third-order valence-corrected chi connectivity index (χ3v) is 5.27. The molecule has 0 spiro atoms. The minimum Gasteiger partial charge on any atom is -0.326 e. The van der Waals surface area contributed by atoms with Crippen LogP contribution in [0.15, 0.2) is 52.1 Å². The summed E-state index contributed by atoms with van der Waals surface area (Å²) in [6.45, 7) is 0.623. The van der Waals surface area contributed by atoms with Gasteiger partial charge in [0.15, 0.2) is 5.03 Å². The first kappa shape index (κ1) is 16.1. The van der Waals surface area contributed by atoms with Crippen molar-refractivity contribution in [2.75, 3.05) is 7.05 Å². The Bertz CT molecular complexity index is 700. The molecular formula is C14H16BrN3O2S. The minimum atomic E-state index is -3.60. The van der Waals surface area contributed by atoms with Gasteiger partial charge in [-0.05, 0) is 29.3 Å². The van der Waals surface area contributed by atoms with Gasteiger partial charge in [0.25, 0.3) is 10.0 Å². The zero-order chi connectivity index (χ0) is 15.5. The molecule has 0 unspecified atom stereocenters. The van der Waals surface area contributed by atoms with E-state index < -0.39 is 10.0 Å². The number of hydrogen-bond acceptors (Lipinski definition) is 4. The first-order chi connectivity index (χ1) is 9.93. The van der Waals surface area contributed by atoms with Crippen molar-refractivity contribution < 1.29 is 8.42 Å². The van der Waals surface area contributed by atoms with Crippen molar-refractivity contribution >= 4 is 26.0 Å². The van der Waals surface area contributed by atoms with Gasteiger partial charge in [-0.1, -0.05) is 34.1 Å². The van der Waals surface area contributed by atoms with E-state index in [0.717, 1.165) is 15.6 Å². The average molecular weight is 370 g/mol. The van der Waals surface area contributed by atoms with Crippen LogP contribution in [0.3, 0.4) is 0 Å². The molecule has 0 aliphatic heterocycles. The molecule has 1 heterocycles. The number of nitrogens with two attached hydrogens (primary N) is 1. The highest BCUT2D eigenvalue weighted by Crippen LogP contribution is 2.17. The highest BCUT2D eigenvalue weighted by molar-refractivity contribution is 9.10. The number of benzene rings is 1. The second-order valence-electron chi connectivity index (χ2n) is 4.60. The van der Waals surface area contributed by atoms with Crippen molar-refractivity contribution in [1.82, 2.24) is 9.29 Å². The van der Waals surface area contributed by atoms with Crippen molar-refractivity contribution in [2.24, 2.45) is 5.73 Å². The predicted octanol–water partition coefficient (Wildman–Crippen LogP) is 2.12. The Labute approximate surface area is 133 Å². The van der Waals surface area contributed by atoms with Crippen LogP contribution in [0.5, 0.6) is 0 Å². The summed E-state index contributed by atoms with van der Waals surface area (Å²) < 4.78 is 27.1. The summed E-state index contributed by atoms with van der Waals surface area (Å²) in [5, 5.41) is 0.0271. The molecule has 7 heteroatoms. The molecule has 2 aromatic rings. The van der Waals surface area contributed by atoms with E-state index in [1.54, 1.807) is 6.07 Å². The van der Waals surface area contributed by atoms with Crippen molar-refractivity contribution in [2.45, 2.75) is 18.1 Å². The number of pyridine rings is 1. The van der Waals surface area contributed by atoms with Gasteiger partial charge in [0.1, 0.15) is 0 Å². The molecule has 21 heavy (non-hydrogen) atoms. The molecule has 0 aliphatic carbocycles. The Balaban J connectivity index is 2.19. The maximum atomic E-state index is 12.4. The van der Waals surface area contributed by atoms with Crippen LogP contribution in [0, 0.1) is 0 Å². The molecule has 1 aromatic heterocycles. The van der Waals surface area contributed by atoms with Gasteiger partial charge in [0, 0.05) is 30.8 Å². The molecule has 0 atom stereocenters. The fourth-order valence-corrected chi connectivity index (χ4v) is 3.10. The van der Waals surface area contributed by atoms with E-state index in [9.17, 15) is 8.42 Å². The van der Waals surface area contributed by atoms with Crippen LogP contribution in [0.25, 0.3) is 0 Å². The van der Waals surface area contributed by atoms with Gasteiger partial charge in [0.2, 0.25) is 0 Å². The number of aromatic nitrogens is 1. The highest BCUT2D eigenvalue weighted by atomic mass is 79.9. The van der Waals surface area contributed by atoms with Crippen LogP contribution in [0.1, 0.15) is 11.1 Å². The number of hydrogen-bond donors (Lipinski definition) is 1. The van der Waals surface area contributed by atoms with Gasteiger partial charge < -0.3 is 5.73 Å². The van der Waals surface area contributed by atoms with Crippen LogP contribution < -0.4 is 5.73 Å². The summed E-state index contributed by atoms with van der Waals surface area (Å²) in [5.74, 6) is 0. The zero-order valence-electron chi connectivity index (χ0n) is 11.5. The summed E-state index contributed by atoms with van der Waals surface area (Å²) in [7, 11) is -2.06. The molecule has 0 aliphatic rings. The molecule has 0 fully saturated rings. The largest absolute Gasteiger partial charge is 0.326 e.